The highest BCUT2D eigenvalue weighted by Crippen LogP contribution is 2.19. The number of hydrogen-bond acceptors (Lipinski definition) is 4. The molecule has 1 atom stereocenters. The molecule has 0 aliphatic carbocycles. The molecular weight excluding hydrogens is 396 g/mol. The van der Waals surface area contributed by atoms with Crippen molar-refractivity contribution in [3.63, 3.8) is 0 Å². The van der Waals surface area contributed by atoms with E-state index in [9.17, 15) is 9.59 Å². The molecule has 1 unspecified atom stereocenters. The lowest BCUT2D eigenvalue weighted by Crippen LogP contribution is -2.48. The van der Waals surface area contributed by atoms with Crippen LogP contribution in [0.15, 0.2) is 42.5 Å². The van der Waals surface area contributed by atoms with Gasteiger partial charge in [-0.05, 0) is 51.0 Å². The van der Waals surface area contributed by atoms with Gasteiger partial charge in [0.25, 0.3) is 0 Å². The first-order valence-corrected chi connectivity index (χ1v) is 11.3. The van der Waals surface area contributed by atoms with Crippen LogP contribution in [0.4, 0.5) is 0 Å². The molecule has 0 heterocycles. The molecule has 0 radical (unpaired) electrons. The highest BCUT2D eigenvalue weighted by Gasteiger charge is 2.25. The average Bonchev–Trinajstić information content (AvgIpc) is 2.71. The number of nitrogens with zero attached hydrogens (tertiary/aromatic N) is 1. The molecule has 0 aliphatic heterocycles. The van der Waals surface area contributed by atoms with Gasteiger partial charge in [0.2, 0.25) is 11.8 Å². The number of carbonyl (C=O) groups is 2. The number of rotatable bonds is 10. The van der Waals surface area contributed by atoms with Gasteiger partial charge in [0.1, 0.15) is 11.8 Å². The molecule has 0 spiro atoms. The van der Waals surface area contributed by atoms with Crippen LogP contribution in [0.2, 0.25) is 0 Å². The second-order valence-electron chi connectivity index (χ2n) is 7.43. The Balaban J connectivity index is 2.07. The normalized spacial score (nSPS) is 11.6. The van der Waals surface area contributed by atoms with Crippen molar-refractivity contribution in [1.82, 2.24) is 10.2 Å². The van der Waals surface area contributed by atoms with Crippen molar-refractivity contribution in [1.29, 1.82) is 0 Å². The number of hydrogen-bond donors (Lipinski definition) is 1. The molecule has 0 aliphatic rings. The molecule has 2 amide bonds. The van der Waals surface area contributed by atoms with E-state index in [4.69, 9.17) is 4.74 Å². The van der Waals surface area contributed by atoms with E-state index in [0.717, 1.165) is 17.1 Å². The lowest BCUT2D eigenvalue weighted by atomic mass is 10.1. The molecule has 0 aromatic heterocycles. The van der Waals surface area contributed by atoms with Gasteiger partial charge in [0.05, 0.1) is 12.9 Å². The summed E-state index contributed by atoms with van der Waals surface area (Å²) in [6.45, 7) is 8.73. The van der Waals surface area contributed by atoms with E-state index in [2.05, 4.69) is 37.4 Å². The summed E-state index contributed by atoms with van der Waals surface area (Å²) < 4.78 is 5.20. The Kier molecular flexibility index (Phi) is 9.24. The predicted octanol–water partition coefficient (Wildman–Crippen LogP) is 4.10. The number of ether oxygens (including phenoxy) is 1. The van der Waals surface area contributed by atoms with Crippen LogP contribution in [0.5, 0.6) is 5.75 Å². The summed E-state index contributed by atoms with van der Waals surface area (Å²) >= 11 is 1.58. The Morgan fingerprint density at radius 1 is 1.07 bits per heavy atom. The minimum absolute atomic E-state index is 0.0426. The van der Waals surface area contributed by atoms with E-state index in [-0.39, 0.29) is 11.8 Å². The second kappa shape index (κ2) is 11.6. The Morgan fingerprint density at radius 2 is 1.70 bits per heavy atom. The second-order valence-corrected chi connectivity index (χ2v) is 8.41. The minimum atomic E-state index is -0.540. The first kappa shape index (κ1) is 23.8. The molecule has 162 valence electrons. The van der Waals surface area contributed by atoms with Crippen LogP contribution < -0.4 is 10.1 Å². The van der Waals surface area contributed by atoms with Crippen LogP contribution >= 0.6 is 11.8 Å². The molecular formula is C24H32N2O3S. The summed E-state index contributed by atoms with van der Waals surface area (Å²) in [5, 5.41) is 2.82. The number of benzene rings is 2. The zero-order valence-corrected chi connectivity index (χ0v) is 19.3. The number of thioether (sulfide) groups is 1. The van der Waals surface area contributed by atoms with Crippen molar-refractivity contribution in [2.75, 3.05) is 19.4 Å². The van der Waals surface area contributed by atoms with Crippen LogP contribution in [0.3, 0.4) is 0 Å². The molecule has 0 saturated heterocycles. The summed E-state index contributed by atoms with van der Waals surface area (Å²) in [6, 6.07) is 13.5. The fourth-order valence-electron chi connectivity index (χ4n) is 3.32. The molecule has 6 heteroatoms. The number of carbonyl (C=O) groups excluding carboxylic acids is 2. The first-order valence-electron chi connectivity index (χ1n) is 10.2. The Hall–Kier alpha value is -2.47. The van der Waals surface area contributed by atoms with Crippen molar-refractivity contribution < 1.29 is 14.3 Å². The Morgan fingerprint density at radius 3 is 2.27 bits per heavy atom. The fraction of sp³-hybridized carbons (Fsp3) is 0.417. The average molecular weight is 429 g/mol. The molecule has 5 nitrogen and oxygen atoms in total. The van der Waals surface area contributed by atoms with Gasteiger partial charge in [-0.3, -0.25) is 9.59 Å². The first-order chi connectivity index (χ1) is 14.3. The molecule has 0 fully saturated rings. The number of methoxy groups -OCH3 is 1. The van der Waals surface area contributed by atoms with Crippen molar-refractivity contribution in [2.24, 2.45) is 0 Å². The van der Waals surface area contributed by atoms with Gasteiger partial charge in [-0.25, -0.2) is 0 Å². The monoisotopic (exact) mass is 428 g/mol. The van der Waals surface area contributed by atoms with Crippen LogP contribution in [-0.4, -0.2) is 42.2 Å². The summed E-state index contributed by atoms with van der Waals surface area (Å²) in [7, 11) is 1.62. The summed E-state index contributed by atoms with van der Waals surface area (Å²) in [5.41, 5.74) is 4.62. The third-order valence-electron chi connectivity index (χ3n) is 4.81. The van der Waals surface area contributed by atoms with Gasteiger partial charge in [0.15, 0.2) is 0 Å². The van der Waals surface area contributed by atoms with Gasteiger partial charge in [-0.15, -0.1) is 11.8 Å². The largest absolute Gasteiger partial charge is 0.497 e. The van der Waals surface area contributed by atoms with Crippen LogP contribution in [0.1, 0.15) is 36.1 Å². The standard InChI is InChI=1S/C24H32N2O3S/c1-6-25-24(28)19(4)26(14-20-7-9-22(29-5)10-8-20)23(27)16-30-15-21-12-17(2)11-18(3)13-21/h7-13,19H,6,14-16H2,1-5H3,(H,25,28). The third kappa shape index (κ3) is 7.10. The van der Waals surface area contributed by atoms with Crippen LogP contribution in [0.25, 0.3) is 0 Å². The van der Waals surface area contributed by atoms with Gasteiger partial charge < -0.3 is 15.0 Å². The zero-order valence-electron chi connectivity index (χ0n) is 18.5. The Labute approximate surface area is 184 Å². The zero-order chi connectivity index (χ0) is 22.1. The summed E-state index contributed by atoms with van der Waals surface area (Å²) in [5.74, 6) is 1.67. The van der Waals surface area contributed by atoms with E-state index in [0.29, 0.717) is 18.8 Å². The van der Waals surface area contributed by atoms with Crippen molar-refractivity contribution in [3.8, 4) is 5.75 Å². The lowest BCUT2D eigenvalue weighted by molar-refractivity contribution is -0.138. The SMILES string of the molecule is CCNC(=O)C(C)N(Cc1ccc(OC)cc1)C(=O)CSCc1cc(C)cc(C)c1. The topological polar surface area (TPSA) is 58.6 Å². The van der Waals surface area contributed by atoms with E-state index < -0.39 is 6.04 Å². The number of likely N-dealkylation sites (N-methyl/N-ethyl adjacent to an activating group) is 1. The number of amides is 2. The maximum atomic E-state index is 13.0. The molecule has 2 aromatic rings. The number of nitrogens with one attached hydrogen (secondary N) is 1. The van der Waals surface area contributed by atoms with Crippen molar-refractivity contribution >= 4 is 23.6 Å². The Bertz CT molecular complexity index is 832. The highest BCUT2D eigenvalue weighted by molar-refractivity contribution is 7.99. The van der Waals surface area contributed by atoms with Crippen molar-refractivity contribution in [2.45, 2.75) is 46.0 Å². The molecule has 0 saturated carbocycles. The number of aryl methyl sites for hydroxylation is 2. The molecule has 1 N–H and O–H groups in total. The van der Waals surface area contributed by atoms with E-state index in [1.165, 1.54) is 16.7 Å². The van der Waals surface area contributed by atoms with Crippen LogP contribution in [-0.2, 0) is 21.9 Å². The van der Waals surface area contributed by atoms with E-state index in [1.807, 2.05) is 31.2 Å². The molecule has 0 bridgehead atoms. The smallest absolute Gasteiger partial charge is 0.242 e. The fourth-order valence-corrected chi connectivity index (χ4v) is 4.17. The summed E-state index contributed by atoms with van der Waals surface area (Å²) in [6.07, 6.45) is 0. The van der Waals surface area contributed by atoms with Crippen molar-refractivity contribution in [3.05, 3.63) is 64.7 Å². The highest BCUT2D eigenvalue weighted by atomic mass is 32.2. The third-order valence-corrected chi connectivity index (χ3v) is 5.79. The maximum absolute atomic E-state index is 13.0. The quantitative estimate of drug-likeness (QED) is 0.619. The molecule has 2 rings (SSSR count). The van der Waals surface area contributed by atoms with Gasteiger partial charge in [0, 0.05) is 18.8 Å². The van der Waals surface area contributed by atoms with Gasteiger partial charge in [-0.1, -0.05) is 41.5 Å². The van der Waals surface area contributed by atoms with E-state index in [1.54, 1.807) is 30.7 Å². The van der Waals surface area contributed by atoms with Gasteiger partial charge in [-0.2, -0.15) is 0 Å². The van der Waals surface area contributed by atoms with E-state index >= 15 is 0 Å². The molecule has 2 aromatic carbocycles. The maximum Gasteiger partial charge on any atom is 0.242 e. The summed E-state index contributed by atoms with van der Waals surface area (Å²) in [4.78, 5) is 27.1. The molecule has 30 heavy (non-hydrogen) atoms. The predicted molar refractivity (Wildman–Crippen MR) is 124 cm³/mol. The minimum Gasteiger partial charge on any atom is -0.497 e. The van der Waals surface area contributed by atoms with Gasteiger partial charge >= 0.3 is 0 Å². The lowest BCUT2D eigenvalue weighted by Gasteiger charge is -2.28. The van der Waals surface area contributed by atoms with Crippen LogP contribution in [0, 0.1) is 13.8 Å².